The highest BCUT2D eigenvalue weighted by molar-refractivity contribution is 7.89. The van der Waals surface area contributed by atoms with Gasteiger partial charge in [-0.1, -0.05) is 0 Å². The zero-order valence-corrected chi connectivity index (χ0v) is 12.5. The van der Waals surface area contributed by atoms with Crippen LogP contribution in [0.25, 0.3) is 0 Å². The zero-order chi connectivity index (χ0) is 14.2. The lowest BCUT2D eigenvalue weighted by atomic mass is 10.0. The fourth-order valence-corrected chi connectivity index (χ4v) is 3.82. The third-order valence-electron chi connectivity index (χ3n) is 4.35. The summed E-state index contributed by atoms with van der Waals surface area (Å²) in [5, 5.41) is 3.05. The van der Waals surface area contributed by atoms with Crippen molar-refractivity contribution < 1.29 is 8.42 Å². The molecule has 2 aliphatic carbocycles. The van der Waals surface area contributed by atoms with Gasteiger partial charge < -0.3 is 5.32 Å². The molecule has 1 aromatic rings. The summed E-state index contributed by atoms with van der Waals surface area (Å²) in [6.45, 7) is 3.32. The van der Waals surface area contributed by atoms with Gasteiger partial charge >= 0.3 is 0 Å². The molecular weight excluding hydrogens is 274 g/mol. The third kappa shape index (κ3) is 2.81. The van der Waals surface area contributed by atoms with Crippen LogP contribution in [0.3, 0.4) is 0 Å². The summed E-state index contributed by atoms with van der Waals surface area (Å²) in [7, 11) is -3.43. The van der Waals surface area contributed by atoms with Crippen molar-refractivity contribution >= 4 is 15.8 Å². The normalized spacial score (nSPS) is 20.6. The Hall–Kier alpha value is -1.14. The van der Waals surface area contributed by atoms with Gasteiger partial charge in [0.1, 0.15) is 10.7 Å². The minimum Gasteiger partial charge on any atom is -0.370 e. The number of sulfonamides is 1. The highest BCUT2D eigenvalue weighted by Crippen LogP contribution is 2.60. The Morgan fingerprint density at radius 1 is 1.35 bits per heavy atom. The summed E-state index contributed by atoms with van der Waals surface area (Å²) in [6, 6.07) is 3.30. The molecule has 2 fully saturated rings. The van der Waals surface area contributed by atoms with Crippen LogP contribution in [-0.4, -0.2) is 26.5 Å². The molecule has 0 aromatic carbocycles. The first kappa shape index (κ1) is 13.8. The van der Waals surface area contributed by atoms with Gasteiger partial charge in [0.05, 0.1) is 0 Å². The van der Waals surface area contributed by atoms with Gasteiger partial charge in [0.2, 0.25) is 10.0 Å². The highest BCUT2D eigenvalue weighted by Gasteiger charge is 2.53. The topological polar surface area (TPSA) is 71.1 Å². The van der Waals surface area contributed by atoms with Gasteiger partial charge in [0.25, 0.3) is 0 Å². The molecule has 1 aromatic heterocycles. The number of nitrogens with zero attached hydrogens (tertiary/aromatic N) is 1. The minimum atomic E-state index is -3.43. The lowest BCUT2D eigenvalue weighted by Crippen LogP contribution is -2.31. The summed E-state index contributed by atoms with van der Waals surface area (Å²) in [6.07, 6.45) is 6.27. The molecule has 0 aliphatic heterocycles. The summed E-state index contributed by atoms with van der Waals surface area (Å²) in [5.74, 6) is 1.45. The molecule has 1 heterocycles. The number of nitrogens with one attached hydrogen (secondary N) is 2. The predicted octanol–water partition coefficient (Wildman–Crippen LogP) is 1.98. The second-order valence-corrected chi connectivity index (χ2v) is 7.64. The Kier molecular flexibility index (Phi) is 3.46. The van der Waals surface area contributed by atoms with Crippen LogP contribution in [0.5, 0.6) is 0 Å². The van der Waals surface area contributed by atoms with Crippen molar-refractivity contribution in [3.8, 4) is 0 Å². The molecule has 0 saturated heterocycles. The van der Waals surface area contributed by atoms with E-state index in [9.17, 15) is 8.42 Å². The van der Waals surface area contributed by atoms with Crippen molar-refractivity contribution in [2.24, 2.45) is 11.3 Å². The molecule has 2 aliphatic rings. The molecule has 5 nitrogen and oxygen atoms in total. The largest absolute Gasteiger partial charge is 0.370 e. The molecule has 20 heavy (non-hydrogen) atoms. The first-order valence-corrected chi connectivity index (χ1v) is 8.74. The molecule has 6 heteroatoms. The maximum absolute atomic E-state index is 12.2. The summed E-state index contributed by atoms with van der Waals surface area (Å²) >= 11 is 0. The molecule has 0 spiro atoms. The van der Waals surface area contributed by atoms with Crippen LogP contribution in [0.15, 0.2) is 23.2 Å². The molecule has 2 saturated carbocycles. The Morgan fingerprint density at radius 3 is 2.60 bits per heavy atom. The van der Waals surface area contributed by atoms with Gasteiger partial charge in [-0.2, -0.15) is 0 Å². The molecule has 0 bridgehead atoms. The number of anilines is 1. The van der Waals surface area contributed by atoms with Crippen LogP contribution in [0.2, 0.25) is 0 Å². The number of hydrogen-bond acceptors (Lipinski definition) is 4. The summed E-state index contributed by atoms with van der Waals surface area (Å²) in [4.78, 5) is 4.35. The molecule has 0 amide bonds. The quantitative estimate of drug-likeness (QED) is 0.807. The van der Waals surface area contributed by atoms with Crippen LogP contribution >= 0.6 is 0 Å². The van der Waals surface area contributed by atoms with E-state index in [1.54, 1.807) is 12.1 Å². The molecule has 110 valence electrons. The summed E-state index contributed by atoms with van der Waals surface area (Å²) < 4.78 is 27.3. The minimum absolute atomic E-state index is 0.241. The van der Waals surface area contributed by atoms with Crippen molar-refractivity contribution in [2.75, 3.05) is 18.4 Å². The van der Waals surface area contributed by atoms with E-state index in [1.807, 2.05) is 6.92 Å². The van der Waals surface area contributed by atoms with E-state index in [0.29, 0.717) is 12.4 Å². The van der Waals surface area contributed by atoms with Gasteiger partial charge in [-0.3, -0.25) is 0 Å². The number of rotatable bonds is 7. The van der Waals surface area contributed by atoms with Crippen molar-refractivity contribution in [2.45, 2.75) is 37.5 Å². The molecular formula is C14H21N3O2S. The Bertz CT molecular complexity index is 575. The van der Waals surface area contributed by atoms with E-state index in [-0.39, 0.29) is 10.3 Å². The van der Waals surface area contributed by atoms with Gasteiger partial charge in [0.15, 0.2) is 0 Å². The second kappa shape index (κ2) is 5.00. The predicted molar refractivity (Wildman–Crippen MR) is 78.0 cm³/mol. The molecule has 2 N–H and O–H groups in total. The average molecular weight is 295 g/mol. The van der Waals surface area contributed by atoms with Crippen molar-refractivity contribution in [3.63, 3.8) is 0 Å². The van der Waals surface area contributed by atoms with Crippen LogP contribution in [0.4, 0.5) is 5.82 Å². The Labute approximate surface area is 120 Å². The maximum Gasteiger partial charge on any atom is 0.242 e. The van der Waals surface area contributed by atoms with E-state index in [4.69, 9.17) is 0 Å². The molecule has 0 atom stereocenters. The fraction of sp³-hybridized carbons (Fsp3) is 0.643. The van der Waals surface area contributed by atoms with Gasteiger partial charge in [-0.25, -0.2) is 18.1 Å². The standard InChI is InChI=1S/C14H21N3O2S/c1-2-15-13-6-5-12(9-16-13)20(18,19)17-10-14(7-8-14)11-3-4-11/h5-6,9,11,17H,2-4,7-8,10H2,1H3,(H,15,16). The molecule has 0 unspecified atom stereocenters. The number of aromatic nitrogens is 1. The van der Waals surface area contributed by atoms with Crippen LogP contribution in [-0.2, 0) is 10.0 Å². The third-order valence-corrected chi connectivity index (χ3v) is 5.74. The van der Waals surface area contributed by atoms with E-state index in [1.165, 1.54) is 19.0 Å². The second-order valence-electron chi connectivity index (χ2n) is 5.87. The lowest BCUT2D eigenvalue weighted by molar-refractivity contribution is 0.432. The van der Waals surface area contributed by atoms with Crippen LogP contribution < -0.4 is 10.0 Å². The van der Waals surface area contributed by atoms with E-state index in [2.05, 4.69) is 15.0 Å². The number of hydrogen-bond donors (Lipinski definition) is 2. The van der Waals surface area contributed by atoms with Crippen molar-refractivity contribution in [1.82, 2.24) is 9.71 Å². The van der Waals surface area contributed by atoms with Crippen LogP contribution in [0, 0.1) is 11.3 Å². The Morgan fingerprint density at radius 2 is 2.10 bits per heavy atom. The van der Waals surface area contributed by atoms with Crippen molar-refractivity contribution in [1.29, 1.82) is 0 Å². The first-order chi connectivity index (χ1) is 9.56. The highest BCUT2D eigenvalue weighted by atomic mass is 32.2. The van der Waals surface area contributed by atoms with Gasteiger partial charge in [-0.15, -0.1) is 0 Å². The monoisotopic (exact) mass is 295 g/mol. The average Bonchev–Trinajstić information content (AvgIpc) is 3.29. The van der Waals surface area contributed by atoms with E-state index in [0.717, 1.165) is 25.3 Å². The summed E-state index contributed by atoms with van der Waals surface area (Å²) in [5.41, 5.74) is 0.268. The lowest BCUT2D eigenvalue weighted by Gasteiger charge is -2.15. The van der Waals surface area contributed by atoms with Gasteiger partial charge in [0, 0.05) is 19.3 Å². The Balaban J connectivity index is 1.65. The van der Waals surface area contributed by atoms with Crippen molar-refractivity contribution in [3.05, 3.63) is 18.3 Å². The molecule has 0 radical (unpaired) electrons. The zero-order valence-electron chi connectivity index (χ0n) is 11.7. The first-order valence-electron chi connectivity index (χ1n) is 7.25. The SMILES string of the molecule is CCNc1ccc(S(=O)(=O)NCC2(C3CC3)CC2)cn1. The fourth-order valence-electron chi connectivity index (χ4n) is 2.73. The van der Waals surface area contributed by atoms with Crippen LogP contribution in [0.1, 0.15) is 32.6 Å². The van der Waals surface area contributed by atoms with E-state index < -0.39 is 10.0 Å². The molecule has 3 rings (SSSR count). The smallest absolute Gasteiger partial charge is 0.242 e. The van der Waals surface area contributed by atoms with E-state index >= 15 is 0 Å². The maximum atomic E-state index is 12.2. The van der Waals surface area contributed by atoms with Gasteiger partial charge in [-0.05, 0) is 56.1 Å². The number of pyridine rings is 1.